The SMILES string of the molecule is CNC(Cc1nnn(C)n1)C1CCC(C)CC1. The highest BCUT2D eigenvalue weighted by Gasteiger charge is 2.26. The molecule has 1 N–H and O–H groups in total. The smallest absolute Gasteiger partial charge is 0.176 e. The van der Waals surface area contributed by atoms with E-state index in [-0.39, 0.29) is 0 Å². The van der Waals surface area contributed by atoms with Crippen LogP contribution in [0.5, 0.6) is 0 Å². The van der Waals surface area contributed by atoms with Crippen LogP contribution in [0.15, 0.2) is 0 Å². The molecular formula is C12H23N5. The second kappa shape index (κ2) is 5.58. The average Bonchev–Trinajstić information content (AvgIpc) is 2.73. The summed E-state index contributed by atoms with van der Waals surface area (Å²) in [6.07, 6.45) is 6.26. The molecule has 0 aromatic carbocycles. The van der Waals surface area contributed by atoms with Crippen LogP contribution in [0.2, 0.25) is 0 Å². The molecule has 1 aromatic heterocycles. The minimum absolute atomic E-state index is 0.492. The van der Waals surface area contributed by atoms with Gasteiger partial charge in [0.15, 0.2) is 5.82 Å². The molecule has 1 aromatic rings. The second-order valence-electron chi connectivity index (χ2n) is 5.31. The van der Waals surface area contributed by atoms with Crippen molar-refractivity contribution >= 4 is 0 Å². The van der Waals surface area contributed by atoms with Crippen LogP contribution < -0.4 is 5.32 Å². The van der Waals surface area contributed by atoms with Gasteiger partial charge < -0.3 is 5.32 Å². The summed E-state index contributed by atoms with van der Waals surface area (Å²) in [6, 6.07) is 0.492. The quantitative estimate of drug-likeness (QED) is 0.854. The Morgan fingerprint density at radius 1 is 1.35 bits per heavy atom. The maximum Gasteiger partial charge on any atom is 0.176 e. The van der Waals surface area contributed by atoms with Crippen molar-refractivity contribution in [1.82, 2.24) is 25.5 Å². The summed E-state index contributed by atoms with van der Waals surface area (Å²) in [5, 5.41) is 15.7. The van der Waals surface area contributed by atoms with Crippen LogP contribution in [0, 0.1) is 11.8 Å². The van der Waals surface area contributed by atoms with Crippen molar-refractivity contribution in [3.63, 3.8) is 0 Å². The lowest BCUT2D eigenvalue weighted by molar-refractivity contribution is 0.233. The Balaban J connectivity index is 1.92. The summed E-state index contributed by atoms with van der Waals surface area (Å²) >= 11 is 0. The Kier molecular flexibility index (Phi) is 4.10. The van der Waals surface area contributed by atoms with Gasteiger partial charge in [0.2, 0.25) is 0 Å². The Bertz CT molecular complexity index is 340. The predicted molar refractivity (Wildman–Crippen MR) is 66.5 cm³/mol. The zero-order chi connectivity index (χ0) is 12.3. The van der Waals surface area contributed by atoms with Gasteiger partial charge in [0.25, 0.3) is 0 Å². The third kappa shape index (κ3) is 3.25. The molecule has 1 fully saturated rings. The van der Waals surface area contributed by atoms with Crippen LogP contribution in [0.25, 0.3) is 0 Å². The number of hydrogen-bond donors (Lipinski definition) is 1. The minimum atomic E-state index is 0.492. The van der Waals surface area contributed by atoms with E-state index in [0.29, 0.717) is 6.04 Å². The van der Waals surface area contributed by atoms with Gasteiger partial charge in [-0.3, -0.25) is 0 Å². The van der Waals surface area contributed by atoms with Crippen molar-refractivity contribution in [2.75, 3.05) is 7.05 Å². The van der Waals surface area contributed by atoms with Crippen molar-refractivity contribution in [2.45, 2.75) is 45.1 Å². The number of likely N-dealkylation sites (N-methyl/N-ethyl adjacent to an activating group) is 1. The first-order chi connectivity index (χ1) is 8.19. The van der Waals surface area contributed by atoms with E-state index in [4.69, 9.17) is 0 Å². The third-order valence-electron chi connectivity index (χ3n) is 3.95. The van der Waals surface area contributed by atoms with Crippen molar-refractivity contribution < 1.29 is 0 Å². The summed E-state index contributed by atoms with van der Waals surface area (Å²) in [4.78, 5) is 1.53. The molecule has 1 atom stereocenters. The molecule has 1 aliphatic rings. The second-order valence-corrected chi connectivity index (χ2v) is 5.31. The first kappa shape index (κ1) is 12.5. The maximum absolute atomic E-state index is 4.26. The summed E-state index contributed by atoms with van der Waals surface area (Å²) in [5.74, 6) is 2.52. The summed E-state index contributed by atoms with van der Waals surface area (Å²) < 4.78 is 0. The monoisotopic (exact) mass is 237 g/mol. The molecule has 0 aliphatic heterocycles. The van der Waals surface area contributed by atoms with Crippen molar-refractivity contribution in [1.29, 1.82) is 0 Å². The van der Waals surface area contributed by atoms with E-state index in [1.165, 1.54) is 30.5 Å². The number of aromatic nitrogens is 4. The molecule has 1 saturated carbocycles. The van der Waals surface area contributed by atoms with Gasteiger partial charge in [-0.15, -0.1) is 10.2 Å². The van der Waals surface area contributed by atoms with Crippen LogP contribution in [-0.4, -0.2) is 33.3 Å². The molecule has 5 heteroatoms. The molecule has 0 amide bonds. The topological polar surface area (TPSA) is 55.6 Å². The molecular weight excluding hydrogens is 214 g/mol. The van der Waals surface area contributed by atoms with E-state index in [1.54, 1.807) is 0 Å². The number of hydrogen-bond acceptors (Lipinski definition) is 4. The number of aryl methyl sites for hydroxylation is 1. The van der Waals surface area contributed by atoms with E-state index >= 15 is 0 Å². The van der Waals surface area contributed by atoms with E-state index in [2.05, 4.69) is 27.7 Å². The molecule has 0 bridgehead atoms. The van der Waals surface area contributed by atoms with Gasteiger partial charge in [-0.25, -0.2) is 0 Å². The van der Waals surface area contributed by atoms with Gasteiger partial charge in [-0.2, -0.15) is 4.80 Å². The first-order valence-corrected chi connectivity index (χ1v) is 6.59. The lowest BCUT2D eigenvalue weighted by Gasteiger charge is -2.32. The average molecular weight is 237 g/mol. The molecule has 1 unspecified atom stereocenters. The van der Waals surface area contributed by atoms with E-state index in [1.807, 2.05) is 14.1 Å². The number of rotatable bonds is 4. The largest absolute Gasteiger partial charge is 0.316 e. The number of nitrogens with zero attached hydrogens (tertiary/aromatic N) is 4. The molecule has 0 spiro atoms. The van der Waals surface area contributed by atoms with Gasteiger partial charge in [0.05, 0.1) is 7.05 Å². The van der Waals surface area contributed by atoms with Crippen LogP contribution >= 0.6 is 0 Å². The summed E-state index contributed by atoms with van der Waals surface area (Å²) in [7, 11) is 3.85. The van der Waals surface area contributed by atoms with E-state index in [9.17, 15) is 0 Å². The fraction of sp³-hybridized carbons (Fsp3) is 0.917. The zero-order valence-corrected chi connectivity index (χ0v) is 11.1. The van der Waals surface area contributed by atoms with Crippen LogP contribution in [-0.2, 0) is 13.5 Å². The van der Waals surface area contributed by atoms with Crippen LogP contribution in [0.3, 0.4) is 0 Å². The number of nitrogens with one attached hydrogen (secondary N) is 1. The standard InChI is InChI=1S/C12H23N5/c1-9-4-6-10(7-5-9)11(13-2)8-12-14-16-17(3)15-12/h9-11,13H,4-8H2,1-3H3. The molecule has 2 rings (SSSR count). The highest BCUT2D eigenvalue weighted by molar-refractivity contribution is 4.89. The summed E-state index contributed by atoms with van der Waals surface area (Å²) in [6.45, 7) is 2.36. The van der Waals surface area contributed by atoms with Gasteiger partial charge in [-0.1, -0.05) is 19.8 Å². The van der Waals surface area contributed by atoms with Gasteiger partial charge in [-0.05, 0) is 36.9 Å². The third-order valence-corrected chi connectivity index (χ3v) is 3.95. The molecule has 17 heavy (non-hydrogen) atoms. The highest BCUT2D eigenvalue weighted by Crippen LogP contribution is 2.31. The molecule has 1 aliphatic carbocycles. The maximum atomic E-state index is 4.26. The Morgan fingerprint density at radius 2 is 2.06 bits per heavy atom. The lowest BCUT2D eigenvalue weighted by atomic mass is 9.78. The Labute approximate surface area is 103 Å². The molecule has 0 radical (unpaired) electrons. The molecule has 0 saturated heterocycles. The fourth-order valence-electron chi connectivity index (χ4n) is 2.79. The normalized spacial score (nSPS) is 27.0. The first-order valence-electron chi connectivity index (χ1n) is 6.59. The zero-order valence-electron chi connectivity index (χ0n) is 11.1. The molecule has 1 heterocycles. The summed E-state index contributed by atoms with van der Waals surface area (Å²) in [5.41, 5.74) is 0. The lowest BCUT2D eigenvalue weighted by Crippen LogP contribution is -2.37. The number of tetrazole rings is 1. The minimum Gasteiger partial charge on any atom is -0.316 e. The van der Waals surface area contributed by atoms with E-state index < -0.39 is 0 Å². The van der Waals surface area contributed by atoms with Gasteiger partial charge in [0, 0.05) is 12.5 Å². The fourth-order valence-corrected chi connectivity index (χ4v) is 2.79. The van der Waals surface area contributed by atoms with Crippen LogP contribution in [0.4, 0.5) is 0 Å². The molecule has 5 nitrogen and oxygen atoms in total. The Morgan fingerprint density at radius 3 is 2.59 bits per heavy atom. The van der Waals surface area contributed by atoms with Gasteiger partial charge in [0.1, 0.15) is 0 Å². The Hall–Kier alpha value is -0.970. The van der Waals surface area contributed by atoms with Crippen LogP contribution in [0.1, 0.15) is 38.4 Å². The van der Waals surface area contributed by atoms with Crippen molar-refractivity contribution in [3.05, 3.63) is 5.82 Å². The predicted octanol–water partition coefficient (Wildman–Crippen LogP) is 1.17. The molecule has 96 valence electrons. The van der Waals surface area contributed by atoms with E-state index in [0.717, 1.165) is 24.1 Å². The van der Waals surface area contributed by atoms with Crippen molar-refractivity contribution in [2.24, 2.45) is 18.9 Å². The van der Waals surface area contributed by atoms with Gasteiger partial charge >= 0.3 is 0 Å². The highest BCUT2D eigenvalue weighted by atomic mass is 15.6. The van der Waals surface area contributed by atoms with Crippen molar-refractivity contribution in [3.8, 4) is 0 Å².